The summed E-state index contributed by atoms with van der Waals surface area (Å²) in [5, 5.41) is 0. The Balaban J connectivity index is 2.26. The zero-order valence-corrected chi connectivity index (χ0v) is 11.2. The molecule has 2 aromatic carbocycles. The summed E-state index contributed by atoms with van der Waals surface area (Å²) >= 11 is 0. The average Bonchev–Trinajstić information content (AvgIpc) is 2.34. The highest BCUT2D eigenvalue weighted by Gasteiger charge is 2.08. The first-order chi connectivity index (χ1) is 9.04. The van der Waals surface area contributed by atoms with E-state index in [1.54, 1.807) is 12.1 Å². The molecule has 0 fully saturated rings. The Hall–Kier alpha value is -1.87. The van der Waals surface area contributed by atoms with Crippen LogP contribution in [0.15, 0.2) is 42.5 Å². The highest BCUT2D eigenvalue weighted by Crippen LogP contribution is 2.27. The van der Waals surface area contributed by atoms with Gasteiger partial charge in [-0.25, -0.2) is 4.39 Å². The Bertz CT molecular complexity index is 549. The van der Waals surface area contributed by atoms with Crippen molar-refractivity contribution >= 4 is 0 Å². The minimum Gasteiger partial charge on any atom is -0.457 e. The highest BCUT2D eigenvalue weighted by molar-refractivity contribution is 5.40. The number of hydrogen-bond acceptors (Lipinski definition) is 2. The number of halogens is 1. The first kappa shape index (κ1) is 13.6. The van der Waals surface area contributed by atoms with Gasteiger partial charge in [0.05, 0.1) is 0 Å². The van der Waals surface area contributed by atoms with Crippen LogP contribution in [0.4, 0.5) is 4.39 Å². The van der Waals surface area contributed by atoms with Crippen molar-refractivity contribution in [2.24, 2.45) is 5.73 Å². The molecule has 0 saturated heterocycles. The topological polar surface area (TPSA) is 35.2 Å². The molecule has 0 aliphatic heterocycles. The van der Waals surface area contributed by atoms with Crippen LogP contribution in [0.2, 0.25) is 0 Å². The van der Waals surface area contributed by atoms with Crippen LogP contribution in [0, 0.1) is 12.7 Å². The Morgan fingerprint density at radius 3 is 2.47 bits per heavy atom. The second-order valence-electron chi connectivity index (χ2n) is 4.85. The van der Waals surface area contributed by atoms with Crippen LogP contribution < -0.4 is 10.5 Å². The molecule has 2 rings (SSSR count). The Kier molecular flexibility index (Phi) is 4.17. The van der Waals surface area contributed by atoms with Crippen LogP contribution in [-0.4, -0.2) is 6.04 Å². The zero-order valence-electron chi connectivity index (χ0n) is 11.2. The molecule has 19 heavy (non-hydrogen) atoms. The number of hydrogen-bond donors (Lipinski definition) is 1. The third-order valence-corrected chi connectivity index (χ3v) is 2.80. The molecule has 2 nitrogen and oxygen atoms in total. The van der Waals surface area contributed by atoms with E-state index in [-0.39, 0.29) is 11.9 Å². The standard InChI is InChI=1S/C16H18FNO/c1-11-3-8-16(13(9-11)10-12(2)18)19-15-6-4-14(17)5-7-15/h3-9,12H,10,18H2,1-2H3. The summed E-state index contributed by atoms with van der Waals surface area (Å²) in [5.41, 5.74) is 8.09. The summed E-state index contributed by atoms with van der Waals surface area (Å²) in [6.07, 6.45) is 0.748. The molecule has 0 aliphatic rings. The van der Waals surface area contributed by atoms with Crippen molar-refractivity contribution in [3.63, 3.8) is 0 Å². The quantitative estimate of drug-likeness (QED) is 0.906. The number of aryl methyl sites for hydroxylation is 1. The van der Waals surface area contributed by atoms with Gasteiger partial charge in [0.2, 0.25) is 0 Å². The largest absolute Gasteiger partial charge is 0.457 e. The van der Waals surface area contributed by atoms with Crippen LogP contribution >= 0.6 is 0 Å². The van der Waals surface area contributed by atoms with Crippen LogP contribution in [0.5, 0.6) is 11.5 Å². The van der Waals surface area contributed by atoms with E-state index in [1.807, 2.05) is 26.0 Å². The summed E-state index contributed by atoms with van der Waals surface area (Å²) in [7, 11) is 0. The lowest BCUT2D eigenvalue weighted by Gasteiger charge is -2.13. The first-order valence-corrected chi connectivity index (χ1v) is 6.33. The van der Waals surface area contributed by atoms with Crippen LogP contribution in [0.3, 0.4) is 0 Å². The van der Waals surface area contributed by atoms with E-state index in [0.717, 1.165) is 17.7 Å². The number of benzene rings is 2. The predicted molar refractivity (Wildman–Crippen MR) is 75.0 cm³/mol. The van der Waals surface area contributed by atoms with E-state index in [0.29, 0.717) is 5.75 Å². The van der Waals surface area contributed by atoms with Crippen molar-refractivity contribution in [1.82, 2.24) is 0 Å². The molecule has 3 heteroatoms. The smallest absolute Gasteiger partial charge is 0.130 e. The molecule has 0 spiro atoms. The third kappa shape index (κ3) is 3.80. The van der Waals surface area contributed by atoms with E-state index in [2.05, 4.69) is 6.07 Å². The van der Waals surface area contributed by atoms with Gasteiger partial charge in [0.25, 0.3) is 0 Å². The van der Waals surface area contributed by atoms with Gasteiger partial charge in [0.15, 0.2) is 0 Å². The molecule has 0 amide bonds. The molecule has 0 radical (unpaired) electrons. The number of ether oxygens (including phenoxy) is 1. The summed E-state index contributed by atoms with van der Waals surface area (Å²) < 4.78 is 18.7. The second kappa shape index (κ2) is 5.85. The number of rotatable bonds is 4. The Morgan fingerprint density at radius 2 is 1.84 bits per heavy atom. The fourth-order valence-corrected chi connectivity index (χ4v) is 1.94. The van der Waals surface area contributed by atoms with Crippen LogP contribution in [0.25, 0.3) is 0 Å². The van der Waals surface area contributed by atoms with Gasteiger partial charge in [-0.1, -0.05) is 17.7 Å². The molecule has 0 heterocycles. The monoisotopic (exact) mass is 259 g/mol. The fourth-order valence-electron chi connectivity index (χ4n) is 1.94. The van der Waals surface area contributed by atoms with Crippen LogP contribution in [-0.2, 0) is 6.42 Å². The molecule has 0 aliphatic carbocycles. The molecule has 0 aromatic heterocycles. The van der Waals surface area contributed by atoms with E-state index in [1.165, 1.54) is 17.7 Å². The maximum atomic E-state index is 12.9. The van der Waals surface area contributed by atoms with E-state index in [9.17, 15) is 4.39 Å². The van der Waals surface area contributed by atoms with Gasteiger partial charge in [-0.3, -0.25) is 0 Å². The molecular formula is C16H18FNO. The lowest BCUT2D eigenvalue weighted by molar-refractivity contribution is 0.472. The van der Waals surface area contributed by atoms with Crippen molar-refractivity contribution in [2.75, 3.05) is 0 Å². The maximum Gasteiger partial charge on any atom is 0.130 e. The minimum absolute atomic E-state index is 0.0670. The van der Waals surface area contributed by atoms with Gasteiger partial charge in [0, 0.05) is 6.04 Å². The fraction of sp³-hybridized carbons (Fsp3) is 0.250. The maximum absolute atomic E-state index is 12.9. The van der Waals surface area contributed by atoms with Crippen LogP contribution in [0.1, 0.15) is 18.1 Å². The highest BCUT2D eigenvalue weighted by atomic mass is 19.1. The van der Waals surface area contributed by atoms with Crippen molar-refractivity contribution in [1.29, 1.82) is 0 Å². The molecule has 1 atom stereocenters. The Morgan fingerprint density at radius 1 is 1.16 bits per heavy atom. The Labute approximate surface area is 113 Å². The third-order valence-electron chi connectivity index (χ3n) is 2.80. The molecule has 1 unspecified atom stereocenters. The van der Waals surface area contributed by atoms with Gasteiger partial charge in [0.1, 0.15) is 17.3 Å². The molecule has 0 saturated carbocycles. The van der Waals surface area contributed by atoms with Crippen molar-refractivity contribution in [3.8, 4) is 11.5 Å². The van der Waals surface area contributed by atoms with E-state index in [4.69, 9.17) is 10.5 Å². The second-order valence-corrected chi connectivity index (χ2v) is 4.85. The van der Waals surface area contributed by atoms with Crippen molar-refractivity contribution in [2.45, 2.75) is 26.3 Å². The lowest BCUT2D eigenvalue weighted by Crippen LogP contribution is -2.18. The summed E-state index contributed by atoms with van der Waals surface area (Å²) in [6, 6.07) is 12.1. The van der Waals surface area contributed by atoms with Crippen molar-refractivity contribution in [3.05, 3.63) is 59.4 Å². The van der Waals surface area contributed by atoms with Gasteiger partial charge >= 0.3 is 0 Å². The van der Waals surface area contributed by atoms with E-state index >= 15 is 0 Å². The summed E-state index contributed by atoms with van der Waals surface area (Å²) in [5.74, 6) is 1.12. The van der Waals surface area contributed by atoms with E-state index < -0.39 is 0 Å². The van der Waals surface area contributed by atoms with Gasteiger partial charge in [-0.05, 0) is 56.2 Å². The molecule has 2 N–H and O–H groups in total. The molecule has 2 aromatic rings. The van der Waals surface area contributed by atoms with Gasteiger partial charge < -0.3 is 10.5 Å². The normalized spacial score (nSPS) is 12.2. The number of nitrogens with two attached hydrogens (primary N) is 1. The van der Waals surface area contributed by atoms with Gasteiger partial charge in [-0.15, -0.1) is 0 Å². The van der Waals surface area contributed by atoms with Crippen molar-refractivity contribution < 1.29 is 9.13 Å². The summed E-state index contributed by atoms with van der Waals surface area (Å²) in [6.45, 7) is 4.00. The lowest BCUT2D eigenvalue weighted by atomic mass is 10.0. The zero-order chi connectivity index (χ0) is 13.8. The predicted octanol–water partition coefficient (Wildman–Crippen LogP) is 3.82. The average molecular weight is 259 g/mol. The molecular weight excluding hydrogens is 241 g/mol. The molecule has 100 valence electrons. The minimum atomic E-state index is -0.271. The first-order valence-electron chi connectivity index (χ1n) is 6.33. The molecule has 0 bridgehead atoms. The SMILES string of the molecule is Cc1ccc(Oc2ccc(F)cc2)c(CC(C)N)c1. The summed E-state index contributed by atoms with van der Waals surface area (Å²) in [4.78, 5) is 0. The van der Waals surface area contributed by atoms with Gasteiger partial charge in [-0.2, -0.15) is 0 Å².